The Hall–Kier alpha value is -0.650. The summed E-state index contributed by atoms with van der Waals surface area (Å²) in [5.74, 6) is 0.578. The molecule has 0 aromatic heterocycles. The van der Waals surface area contributed by atoms with Gasteiger partial charge in [-0.15, -0.1) is 0 Å². The quantitative estimate of drug-likeness (QED) is 0.711. The van der Waals surface area contributed by atoms with Gasteiger partial charge in [0.2, 0.25) is 5.91 Å². The summed E-state index contributed by atoms with van der Waals surface area (Å²) in [5.41, 5.74) is 5.74. The van der Waals surface area contributed by atoms with Crippen LogP contribution in [0.15, 0.2) is 0 Å². The van der Waals surface area contributed by atoms with E-state index in [1.165, 1.54) is 0 Å². The fourth-order valence-corrected chi connectivity index (χ4v) is 2.38. The van der Waals surface area contributed by atoms with Crippen molar-refractivity contribution >= 4 is 5.91 Å². The van der Waals surface area contributed by atoms with Gasteiger partial charge in [-0.25, -0.2) is 0 Å². The maximum absolute atomic E-state index is 11.8. The zero-order chi connectivity index (χ0) is 14.3. The lowest BCUT2D eigenvalue weighted by molar-refractivity contribution is -0.122. The van der Waals surface area contributed by atoms with E-state index in [1.54, 1.807) is 0 Å². The highest BCUT2D eigenvalue weighted by Gasteiger charge is 2.23. The maximum atomic E-state index is 11.8. The molecule has 0 aromatic rings. The molecule has 19 heavy (non-hydrogen) atoms. The molecule has 0 aromatic carbocycles. The van der Waals surface area contributed by atoms with Gasteiger partial charge < -0.3 is 15.8 Å². The van der Waals surface area contributed by atoms with E-state index in [2.05, 4.69) is 24.1 Å². The zero-order valence-electron chi connectivity index (χ0n) is 12.5. The van der Waals surface area contributed by atoms with Crippen molar-refractivity contribution in [3.63, 3.8) is 0 Å². The lowest BCUT2D eigenvalue weighted by Gasteiger charge is -2.35. The summed E-state index contributed by atoms with van der Waals surface area (Å²) in [4.78, 5) is 14.2. The Labute approximate surface area is 116 Å². The normalized spacial score (nSPS) is 20.3. The van der Waals surface area contributed by atoms with Gasteiger partial charge in [-0.2, -0.15) is 0 Å². The van der Waals surface area contributed by atoms with Crippen LogP contribution in [0.4, 0.5) is 0 Å². The summed E-state index contributed by atoms with van der Waals surface area (Å²) in [6.45, 7) is 10.5. The number of amides is 1. The van der Waals surface area contributed by atoms with E-state index in [0.717, 1.165) is 32.7 Å². The molecule has 1 saturated heterocycles. The highest BCUT2D eigenvalue weighted by molar-refractivity contribution is 5.81. The number of morpholine rings is 1. The largest absolute Gasteiger partial charge is 0.379 e. The first-order valence-corrected chi connectivity index (χ1v) is 7.39. The number of nitrogens with one attached hydrogen (secondary N) is 1. The van der Waals surface area contributed by atoms with Crippen LogP contribution in [0.5, 0.6) is 0 Å². The number of hydrogen-bond donors (Lipinski definition) is 2. The van der Waals surface area contributed by atoms with Crippen molar-refractivity contribution in [1.29, 1.82) is 0 Å². The van der Waals surface area contributed by atoms with E-state index in [1.807, 2.05) is 6.92 Å². The van der Waals surface area contributed by atoms with Crippen LogP contribution in [0, 0.1) is 5.92 Å². The van der Waals surface area contributed by atoms with Gasteiger partial charge in [0.1, 0.15) is 0 Å². The van der Waals surface area contributed by atoms with Crippen LogP contribution in [0.2, 0.25) is 0 Å². The Balaban J connectivity index is 2.46. The number of hydrogen-bond acceptors (Lipinski definition) is 4. The average Bonchev–Trinajstić information content (AvgIpc) is 2.42. The number of nitrogens with two attached hydrogens (primary N) is 1. The van der Waals surface area contributed by atoms with Crippen molar-refractivity contribution in [2.24, 2.45) is 11.7 Å². The fraction of sp³-hybridized carbons (Fsp3) is 0.929. The van der Waals surface area contributed by atoms with Crippen molar-refractivity contribution in [3.05, 3.63) is 0 Å². The van der Waals surface area contributed by atoms with Crippen LogP contribution in [0.25, 0.3) is 0 Å². The van der Waals surface area contributed by atoms with Crippen LogP contribution in [-0.4, -0.2) is 55.7 Å². The van der Waals surface area contributed by atoms with E-state index in [-0.39, 0.29) is 11.9 Å². The van der Waals surface area contributed by atoms with Gasteiger partial charge in [-0.1, -0.05) is 20.8 Å². The van der Waals surface area contributed by atoms with E-state index < -0.39 is 0 Å². The Kier molecular flexibility index (Phi) is 7.34. The van der Waals surface area contributed by atoms with Gasteiger partial charge >= 0.3 is 0 Å². The summed E-state index contributed by atoms with van der Waals surface area (Å²) in [6, 6.07) is 0.00120. The molecule has 1 rings (SSSR count). The standard InChI is InChI=1S/C14H29N3O2/c1-4-13(15)14(18)16-10-12(9-11(2)3)17-5-7-19-8-6-17/h11-13H,4-10,15H2,1-3H3,(H,16,18). The smallest absolute Gasteiger partial charge is 0.236 e. The van der Waals surface area contributed by atoms with E-state index in [9.17, 15) is 4.79 Å². The molecular formula is C14H29N3O2. The molecule has 2 atom stereocenters. The molecule has 0 spiro atoms. The van der Waals surface area contributed by atoms with Crippen LogP contribution in [0.3, 0.4) is 0 Å². The van der Waals surface area contributed by atoms with Gasteiger partial charge in [-0.05, 0) is 18.8 Å². The first-order chi connectivity index (χ1) is 9.04. The predicted octanol–water partition coefficient (Wildman–Crippen LogP) is 0.587. The van der Waals surface area contributed by atoms with Crippen LogP contribution in [0.1, 0.15) is 33.6 Å². The van der Waals surface area contributed by atoms with Gasteiger partial charge in [-0.3, -0.25) is 9.69 Å². The molecule has 1 heterocycles. The number of carbonyl (C=O) groups excluding carboxylic acids is 1. The second kappa shape index (κ2) is 8.51. The second-order valence-electron chi connectivity index (χ2n) is 5.69. The molecule has 1 amide bonds. The molecule has 3 N–H and O–H groups in total. The van der Waals surface area contributed by atoms with Crippen molar-refractivity contribution < 1.29 is 9.53 Å². The molecular weight excluding hydrogens is 242 g/mol. The number of rotatable bonds is 7. The third-order valence-electron chi connectivity index (χ3n) is 3.59. The summed E-state index contributed by atoms with van der Waals surface area (Å²) < 4.78 is 5.39. The van der Waals surface area contributed by atoms with Crippen LogP contribution in [-0.2, 0) is 9.53 Å². The molecule has 0 aliphatic carbocycles. The SMILES string of the molecule is CCC(N)C(=O)NCC(CC(C)C)N1CCOCC1. The van der Waals surface area contributed by atoms with E-state index in [0.29, 0.717) is 24.9 Å². The lowest BCUT2D eigenvalue weighted by Crippen LogP contribution is -2.51. The van der Waals surface area contributed by atoms with Gasteiger partial charge in [0.15, 0.2) is 0 Å². The first kappa shape index (κ1) is 16.4. The third kappa shape index (κ3) is 5.89. The summed E-state index contributed by atoms with van der Waals surface area (Å²) in [6.07, 6.45) is 1.76. The van der Waals surface area contributed by atoms with Crippen molar-refractivity contribution in [1.82, 2.24) is 10.2 Å². The Bertz CT molecular complexity index is 265. The fourth-order valence-electron chi connectivity index (χ4n) is 2.38. The topological polar surface area (TPSA) is 67.6 Å². The number of carbonyl (C=O) groups is 1. The van der Waals surface area contributed by atoms with Crippen molar-refractivity contribution in [2.75, 3.05) is 32.8 Å². The highest BCUT2D eigenvalue weighted by Crippen LogP contribution is 2.13. The molecule has 0 bridgehead atoms. The molecule has 5 nitrogen and oxygen atoms in total. The van der Waals surface area contributed by atoms with Gasteiger partial charge in [0.25, 0.3) is 0 Å². The highest BCUT2D eigenvalue weighted by atomic mass is 16.5. The second-order valence-corrected chi connectivity index (χ2v) is 5.69. The number of ether oxygens (including phenoxy) is 1. The molecule has 1 aliphatic rings. The molecule has 112 valence electrons. The minimum absolute atomic E-state index is 0.0375. The summed E-state index contributed by atoms with van der Waals surface area (Å²) in [7, 11) is 0. The Morgan fingerprint density at radius 2 is 2.00 bits per heavy atom. The summed E-state index contributed by atoms with van der Waals surface area (Å²) >= 11 is 0. The minimum Gasteiger partial charge on any atom is -0.379 e. The van der Waals surface area contributed by atoms with Gasteiger partial charge in [0.05, 0.1) is 19.3 Å². The van der Waals surface area contributed by atoms with Gasteiger partial charge in [0, 0.05) is 25.7 Å². The van der Waals surface area contributed by atoms with E-state index >= 15 is 0 Å². The summed E-state index contributed by atoms with van der Waals surface area (Å²) in [5, 5.41) is 2.99. The monoisotopic (exact) mass is 271 g/mol. The molecule has 1 fully saturated rings. The van der Waals surface area contributed by atoms with Crippen LogP contribution >= 0.6 is 0 Å². The molecule has 0 radical (unpaired) electrons. The minimum atomic E-state index is -0.385. The van der Waals surface area contributed by atoms with Crippen molar-refractivity contribution in [2.45, 2.75) is 45.7 Å². The lowest BCUT2D eigenvalue weighted by atomic mass is 10.0. The molecule has 2 unspecified atom stereocenters. The third-order valence-corrected chi connectivity index (χ3v) is 3.59. The Morgan fingerprint density at radius 3 is 2.53 bits per heavy atom. The Morgan fingerprint density at radius 1 is 1.37 bits per heavy atom. The molecule has 5 heteroatoms. The predicted molar refractivity (Wildman–Crippen MR) is 76.9 cm³/mol. The van der Waals surface area contributed by atoms with Crippen molar-refractivity contribution in [3.8, 4) is 0 Å². The number of nitrogens with zero attached hydrogens (tertiary/aromatic N) is 1. The zero-order valence-corrected chi connectivity index (χ0v) is 12.5. The average molecular weight is 271 g/mol. The maximum Gasteiger partial charge on any atom is 0.236 e. The van der Waals surface area contributed by atoms with E-state index in [4.69, 9.17) is 10.5 Å². The first-order valence-electron chi connectivity index (χ1n) is 7.39. The molecule has 1 aliphatic heterocycles. The molecule has 0 saturated carbocycles. The van der Waals surface area contributed by atoms with Crippen LogP contribution < -0.4 is 11.1 Å².